The highest BCUT2D eigenvalue weighted by atomic mass is 35.5. The normalized spacial score (nSPS) is 10.6. The van der Waals surface area contributed by atoms with Crippen LogP contribution in [0.5, 0.6) is 0 Å². The molecule has 0 saturated carbocycles. The van der Waals surface area contributed by atoms with Gasteiger partial charge >= 0.3 is 0 Å². The number of hydrogen-bond donors (Lipinski definition) is 1. The number of aryl methyl sites for hydroxylation is 1. The summed E-state index contributed by atoms with van der Waals surface area (Å²) in [6, 6.07) is 14.8. The molecular formula is C16H14ClNO. The molecule has 96 valence electrons. The topological polar surface area (TPSA) is 29.1 Å². The lowest BCUT2D eigenvalue weighted by Crippen LogP contribution is -1.95. The number of carbonyl (C=O) groups is 1. The van der Waals surface area contributed by atoms with E-state index in [1.165, 1.54) is 6.08 Å². The van der Waals surface area contributed by atoms with Crippen molar-refractivity contribution < 1.29 is 4.79 Å². The summed E-state index contributed by atoms with van der Waals surface area (Å²) in [7, 11) is 0. The molecule has 19 heavy (non-hydrogen) atoms. The molecule has 2 aromatic carbocycles. The second kappa shape index (κ2) is 6.21. The Morgan fingerprint density at radius 3 is 2.58 bits per heavy atom. The minimum absolute atomic E-state index is 0.0358. The van der Waals surface area contributed by atoms with Gasteiger partial charge in [0, 0.05) is 28.5 Å². The van der Waals surface area contributed by atoms with Gasteiger partial charge in [-0.05, 0) is 24.6 Å². The molecule has 0 aliphatic heterocycles. The van der Waals surface area contributed by atoms with Crippen molar-refractivity contribution in [3.63, 3.8) is 0 Å². The maximum absolute atomic E-state index is 11.8. The van der Waals surface area contributed by atoms with Crippen molar-refractivity contribution in [3.8, 4) is 0 Å². The highest BCUT2D eigenvalue weighted by Crippen LogP contribution is 2.19. The monoisotopic (exact) mass is 271 g/mol. The fraction of sp³-hybridized carbons (Fsp3) is 0.0625. The fourth-order valence-electron chi connectivity index (χ4n) is 1.59. The molecular weight excluding hydrogens is 258 g/mol. The molecule has 0 bridgehead atoms. The lowest BCUT2D eigenvalue weighted by atomic mass is 10.1. The molecule has 0 aliphatic carbocycles. The van der Waals surface area contributed by atoms with Gasteiger partial charge in [0.05, 0.1) is 0 Å². The minimum atomic E-state index is -0.0358. The average Bonchev–Trinajstić information content (AvgIpc) is 2.43. The lowest BCUT2D eigenvalue weighted by molar-refractivity contribution is 0.104. The van der Waals surface area contributed by atoms with Crippen molar-refractivity contribution in [2.75, 3.05) is 5.32 Å². The number of ketones is 1. The molecule has 0 aliphatic rings. The van der Waals surface area contributed by atoms with Crippen LogP contribution in [0, 0.1) is 6.92 Å². The molecule has 2 aromatic rings. The van der Waals surface area contributed by atoms with E-state index in [-0.39, 0.29) is 5.78 Å². The van der Waals surface area contributed by atoms with Crippen molar-refractivity contribution >= 4 is 23.1 Å². The molecule has 0 aromatic heterocycles. The first-order valence-corrected chi connectivity index (χ1v) is 6.33. The second-order valence-corrected chi connectivity index (χ2v) is 4.58. The third-order valence-corrected chi connectivity index (χ3v) is 3.12. The summed E-state index contributed by atoms with van der Waals surface area (Å²) >= 11 is 6.02. The van der Waals surface area contributed by atoms with Crippen LogP contribution in [0.4, 0.5) is 5.69 Å². The molecule has 0 unspecified atom stereocenters. The maximum atomic E-state index is 11.8. The van der Waals surface area contributed by atoms with Gasteiger partial charge in [-0.25, -0.2) is 0 Å². The third-order valence-electron chi connectivity index (χ3n) is 2.71. The van der Waals surface area contributed by atoms with Gasteiger partial charge in [0.1, 0.15) is 0 Å². The predicted octanol–water partition coefficient (Wildman–Crippen LogP) is 4.46. The van der Waals surface area contributed by atoms with Crippen LogP contribution in [0.25, 0.3) is 0 Å². The first-order chi connectivity index (χ1) is 9.16. The number of nitrogens with one attached hydrogen (secondary N) is 1. The number of rotatable bonds is 4. The van der Waals surface area contributed by atoms with Crippen molar-refractivity contribution in [1.29, 1.82) is 0 Å². The van der Waals surface area contributed by atoms with Crippen LogP contribution in [0.1, 0.15) is 15.9 Å². The van der Waals surface area contributed by atoms with E-state index in [1.807, 2.05) is 43.3 Å². The molecule has 0 atom stereocenters. The summed E-state index contributed by atoms with van der Waals surface area (Å²) in [6.07, 6.45) is 3.12. The number of hydrogen-bond acceptors (Lipinski definition) is 2. The van der Waals surface area contributed by atoms with E-state index in [0.29, 0.717) is 10.6 Å². The van der Waals surface area contributed by atoms with Gasteiger partial charge in [0.25, 0.3) is 0 Å². The Hall–Kier alpha value is -2.06. The summed E-state index contributed by atoms with van der Waals surface area (Å²) in [5, 5.41) is 3.73. The molecule has 0 radical (unpaired) electrons. The molecule has 2 rings (SSSR count). The van der Waals surface area contributed by atoms with Crippen molar-refractivity contribution in [2.45, 2.75) is 6.92 Å². The first kappa shape index (κ1) is 13.4. The average molecular weight is 272 g/mol. The van der Waals surface area contributed by atoms with Crippen LogP contribution < -0.4 is 5.32 Å². The van der Waals surface area contributed by atoms with Crippen molar-refractivity contribution in [1.82, 2.24) is 0 Å². The summed E-state index contributed by atoms with van der Waals surface area (Å²) in [6.45, 7) is 1.95. The van der Waals surface area contributed by atoms with E-state index in [4.69, 9.17) is 11.6 Å². The Labute approximate surface area is 117 Å². The van der Waals surface area contributed by atoms with Crippen LogP contribution in [-0.2, 0) is 0 Å². The van der Waals surface area contributed by atoms with E-state index < -0.39 is 0 Å². The Kier molecular flexibility index (Phi) is 4.37. The van der Waals surface area contributed by atoms with Crippen LogP contribution in [0.3, 0.4) is 0 Å². The number of benzene rings is 2. The van der Waals surface area contributed by atoms with Crippen molar-refractivity contribution in [2.24, 2.45) is 0 Å². The zero-order valence-corrected chi connectivity index (χ0v) is 11.3. The van der Waals surface area contributed by atoms with E-state index in [9.17, 15) is 4.79 Å². The number of anilines is 1. The first-order valence-electron chi connectivity index (χ1n) is 5.95. The molecule has 0 spiro atoms. The summed E-state index contributed by atoms with van der Waals surface area (Å²) in [5.41, 5.74) is 2.55. The predicted molar refractivity (Wildman–Crippen MR) is 79.7 cm³/mol. The standard InChI is InChI=1S/C16H14ClNO/c1-12-7-8-14(11-15(12)17)18-10-9-16(19)13-5-3-2-4-6-13/h2-11,18H,1H3. The van der Waals surface area contributed by atoms with Crippen molar-refractivity contribution in [3.05, 3.63) is 77.0 Å². The van der Waals surface area contributed by atoms with E-state index in [0.717, 1.165) is 11.3 Å². The molecule has 0 heterocycles. The summed E-state index contributed by atoms with van der Waals surface area (Å²) < 4.78 is 0. The van der Waals surface area contributed by atoms with E-state index in [2.05, 4.69) is 5.32 Å². The van der Waals surface area contributed by atoms with Crippen LogP contribution in [0.15, 0.2) is 60.8 Å². The fourth-order valence-corrected chi connectivity index (χ4v) is 1.78. The highest BCUT2D eigenvalue weighted by molar-refractivity contribution is 6.31. The number of allylic oxidation sites excluding steroid dienone is 1. The van der Waals surface area contributed by atoms with Gasteiger partial charge in [-0.15, -0.1) is 0 Å². The van der Waals surface area contributed by atoms with Gasteiger partial charge in [-0.2, -0.15) is 0 Å². The Bertz CT molecular complexity index is 605. The molecule has 0 amide bonds. The number of halogens is 1. The highest BCUT2D eigenvalue weighted by Gasteiger charge is 1.99. The zero-order valence-electron chi connectivity index (χ0n) is 10.6. The molecule has 0 saturated heterocycles. The van der Waals surface area contributed by atoms with Gasteiger partial charge in [-0.3, -0.25) is 4.79 Å². The summed E-state index contributed by atoms with van der Waals surface area (Å²) in [5.74, 6) is -0.0358. The van der Waals surface area contributed by atoms with Gasteiger partial charge in [-0.1, -0.05) is 48.0 Å². The smallest absolute Gasteiger partial charge is 0.187 e. The largest absolute Gasteiger partial charge is 0.362 e. The molecule has 2 nitrogen and oxygen atoms in total. The van der Waals surface area contributed by atoms with Gasteiger partial charge in [0.15, 0.2) is 5.78 Å². The van der Waals surface area contributed by atoms with E-state index >= 15 is 0 Å². The summed E-state index contributed by atoms with van der Waals surface area (Å²) in [4.78, 5) is 11.8. The minimum Gasteiger partial charge on any atom is -0.362 e. The van der Waals surface area contributed by atoms with Gasteiger partial charge in [0.2, 0.25) is 0 Å². The second-order valence-electron chi connectivity index (χ2n) is 4.17. The lowest BCUT2D eigenvalue weighted by Gasteiger charge is -2.03. The van der Waals surface area contributed by atoms with Crippen LogP contribution in [-0.4, -0.2) is 5.78 Å². The Morgan fingerprint density at radius 1 is 1.16 bits per heavy atom. The van der Waals surface area contributed by atoms with E-state index in [1.54, 1.807) is 18.3 Å². The van der Waals surface area contributed by atoms with Crippen LogP contribution >= 0.6 is 11.6 Å². The molecule has 0 fully saturated rings. The van der Waals surface area contributed by atoms with Crippen LogP contribution in [0.2, 0.25) is 5.02 Å². The Balaban J connectivity index is 2.00. The maximum Gasteiger partial charge on any atom is 0.187 e. The zero-order chi connectivity index (χ0) is 13.7. The quantitative estimate of drug-likeness (QED) is 0.657. The number of carbonyl (C=O) groups excluding carboxylic acids is 1. The Morgan fingerprint density at radius 2 is 1.89 bits per heavy atom. The van der Waals surface area contributed by atoms with Gasteiger partial charge < -0.3 is 5.32 Å². The molecule has 3 heteroatoms. The SMILES string of the molecule is Cc1ccc(NC=CC(=O)c2ccccc2)cc1Cl. The molecule has 1 N–H and O–H groups in total. The third kappa shape index (κ3) is 3.70.